The highest BCUT2D eigenvalue weighted by Gasteiger charge is 2.27. The average Bonchev–Trinajstić information content (AvgIpc) is 2.91. The Morgan fingerprint density at radius 2 is 1.92 bits per heavy atom. The lowest BCUT2D eigenvalue weighted by molar-refractivity contribution is 0.0421. The number of pyridine rings is 1. The number of rotatable bonds is 6. The zero-order chi connectivity index (χ0) is 18.0. The van der Waals surface area contributed by atoms with E-state index in [0.29, 0.717) is 6.54 Å². The van der Waals surface area contributed by atoms with Gasteiger partial charge in [0.1, 0.15) is 0 Å². The van der Waals surface area contributed by atoms with E-state index < -0.39 is 0 Å². The molecule has 2 aromatic heterocycles. The molecule has 3 aromatic rings. The molecule has 0 amide bonds. The monoisotopic (exact) mass is 337 g/mol. The number of aryl methyl sites for hydroxylation is 2. The summed E-state index contributed by atoms with van der Waals surface area (Å²) in [6.45, 7) is 9.95. The number of aliphatic hydroxyl groups excluding tert-OH is 1. The predicted molar refractivity (Wildman–Crippen MR) is 102 cm³/mol. The predicted octanol–water partition coefficient (Wildman–Crippen LogP) is 3.95. The van der Waals surface area contributed by atoms with Crippen molar-refractivity contribution in [2.45, 2.75) is 46.3 Å². The molecule has 0 bridgehead atoms. The summed E-state index contributed by atoms with van der Waals surface area (Å²) in [7, 11) is 0. The molecule has 4 heteroatoms. The van der Waals surface area contributed by atoms with E-state index in [1.54, 1.807) is 0 Å². The van der Waals surface area contributed by atoms with Crippen molar-refractivity contribution in [1.82, 2.24) is 14.9 Å². The number of aromatic amines is 1. The minimum atomic E-state index is -0.336. The van der Waals surface area contributed by atoms with E-state index >= 15 is 0 Å². The summed E-state index contributed by atoms with van der Waals surface area (Å²) >= 11 is 0. The molecule has 3 rings (SSSR count). The third kappa shape index (κ3) is 3.75. The van der Waals surface area contributed by atoms with Crippen LogP contribution in [0.25, 0.3) is 10.9 Å². The van der Waals surface area contributed by atoms with Crippen LogP contribution in [-0.4, -0.2) is 32.1 Å². The van der Waals surface area contributed by atoms with Crippen LogP contribution >= 0.6 is 0 Å². The molecule has 0 saturated heterocycles. The number of hydrogen-bond acceptors (Lipinski definition) is 3. The van der Waals surface area contributed by atoms with E-state index in [1.165, 1.54) is 22.2 Å². The maximum Gasteiger partial charge on any atom is 0.0610 e. The quantitative estimate of drug-likeness (QED) is 0.716. The Hall–Kier alpha value is -2.17. The maximum atomic E-state index is 9.89. The van der Waals surface area contributed by atoms with Gasteiger partial charge in [0, 0.05) is 41.4 Å². The van der Waals surface area contributed by atoms with Gasteiger partial charge in [-0.3, -0.25) is 9.88 Å². The Bertz CT molecular complexity index is 852. The Kier molecular flexibility index (Phi) is 4.93. The lowest BCUT2D eigenvalue weighted by Crippen LogP contribution is -2.46. The standard InChI is InChI=1S/C21H27N3O/c1-15-8-9-19-18(11-15)16(2)20(23-19)13-24(21(3,4)14-25)12-17-7-5-6-10-22-17/h5-11,23,25H,12-14H2,1-4H3. The van der Waals surface area contributed by atoms with Crippen molar-refractivity contribution in [3.63, 3.8) is 0 Å². The van der Waals surface area contributed by atoms with Gasteiger partial charge in [0.15, 0.2) is 0 Å². The maximum absolute atomic E-state index is 9.89. The zero-order valence-electron chi connectivity index (χ0n) is 15.5. The molecule has 0 aliphatic carbocycles. The number of nitrogens with zero attached hydrogens (tertiary/aromatic N) is 2. The molecule has 25 heavy (non-hydrogen) atoms. The van der Waals surface area contributed by atoms with Gasteiger partial charge < -0.3 is 10.1 Å². The summed E-state index contributed by atoms with van der Waals surface area (Å²) in [5.41, 5.74) is 5.57. The zero-order valence-corrected chi connectivity index (χ0v) is 15.5. The number of nitrogens with one attached hydrogen (secondary N) is 1. The fraction of sp³-hybridized carbons (Fsp3) is 0.381. The van der Waals surface area contributed by atoms with E-state index in [9.17, 15) is 5.11 Å². The summed E-state index contributed by atoms with van der Waals surface area (Å²) < 4.78 is 0. The summed E-state index contributed by atoms with van der Waals surface area (Å²) in [6.07, 6.45) is 1.82. The topological polar surface area (TPSA) is 52.2 Å². The van der Waals surface area contributed by atoms with Crippen LogP contribution in [0.3, 0.4) is 0 Å². The summed E-state index contributed by atoms with van der Waals surface area (Å²) in [5, 5.41) is 11.2. The summed E-state index contributed by atoms with van der Waals surface area (Å²) in [4.78, 5) is 10.3. The van der Waals surface area contributed by atoms with Gasteiger partial charge in [0.05, 0.1) is 12.3 Å². The average molecular weight is 337 g/mol. The lowest BCUT2D eigenvalue weighted by Gasteiger charge is -2.37. The molecule has 2 N–H and O–H groups in total. The van der Waals surface area contributed by atoms with Crippen molar-refractivity contribution in [3.05, 3.63) is 65.1 Å². The van der Waals surface area contributed by atoms with Crippen molar-refractivity contribution in [1.29, 1.82) is 0 Å². The molecule has 2 heterocycles. The van der Waals surface area contributed by atoms with Gasteiger partial charge in [0.25, 0.3) is 0 Å². The minimum Gasteiger partial charge on any atom is -0.394 e. The highest BCUT2D eigenvalue weighted by Crippen LogP contribution is 2.27. The van der Waals surface area contributed by atoms with Crippen LogP contribution in [0, 0.1) is 13.8 Å². The Balaban J connectivity index is 1.93. The van der Waals surface area contributed by atoms with Crippen molar-refractivity contribution >= 4 is 10.9 Å². The van der Waals surface area contributed by atoms with Gasteiger partial charge in [0.2, 0.25) is 0 Å². The largest absolute Gasteiger partial charge is 0.394 e. The van der Waals surface area contributed by atoms with Crippen LogP contribution in [0.1, 0.15) is 36.4 Å². The van der Waals surface area contributed by atoms with E-state index in [0.717, 1.165) is 17.8 Å². The van der Waals surface area contributed by atoms with E-state index in [-0.39, 0.29) is 12.1 Å². The Morgan fingerprint density at radius 3 is 2.60 bits per heavy atom. The molecule has 1 aromatic carbocycles. The van der Waals surface area contributed by atoms with Crippen LogP contribution in [0.5, 0.6) is 0 Å². The second-order valence-corrected chi connectivity index (χ2v) is 7.43. The van der Waals surface area contributed by atoms with Crippen LogP contribution in [-0.2, 0) is 13.1 Å². The molecule has 0 atom stereocenters. The van der Waals surface area contributed by atoms with Gasteiger partial charge >= 0.3 is 0 Å². The van der Waals surface area contributed by atoms with Crippen molar-refractivity contribution in [3.8, 4) is 0 Å². The first-order valence-electron chi connectivity index (χ1n) is 8.74. The molecular weight excluding hydrogens is 310 g/mol. The van der Waals surface area contributed by atoms with Crippen LogP contribution in [0.15, 0.2) is 42.6 Å². The van der Waals surface area contributed by atoms with Gasteiger partial charge in [-0.25, -0.2) is 0 Å². The first kappa shape index (κ1) is 17.6. The highest BCUT2D eigenvalue weighted by atomic mass is 16.3. The van der Waals surface area contributed by atoms with Crippen molar-refractivity contribution < 1.29 is 5.11 Å². The van der Waals surface area contributed by atoms with Gasteiger partial charge in [-0.15, -0.1) is 0 Å². The van der Waals surface area contributed by atoms with Crippen LogP contribution < -0.4 is 0 Å². The van der Waals surface area contributed by atoms with E-state index in [4.69, 9.17) is 0 Å². The lowest BCUT2D eigenvalue weighted by atomic mass is 10.0. The second-order valence-electron chi connectivity index (χ2n) is 7.43. The molecule has 132 valence electrons. The number of H-pyrrole nitrogens is 1. The molecule has 0 spiro atoms. The first-order valence-corrected chi connectivity index (χ1v) is 8.74. The molecule has 4 nitrogen and oxygen atoms in total. The third-order valence-corrected chi connectivity index (χ3v) is 4.99. The smallest absolute Gasteiger partial charge is 0.0610 e. The SMILES string of the molecule is Cc1ccc2[nH]c(CN(Cc3ccccn3)C(C)(C)CO)c(C)c2c1. The Morgan fingerprint density at radius 1 is 1.12 bits per heavy atom. The highest BCUT2D eigenvalue weighted by molar-refractivity contribution is 5.85. The number of fused-ring (bicyclic) bond motifs is 1. The van der Waals surface area contributed by atoms with Gasteiger partial charge in [-0.2, -0.15) is 0 Å². The fourth-order valence-corrected chi connectivity index (χ4v) is 3.12. The summed E-state index contributed by atoms with van der Waals surface area (Å²) in [6, 6.07) is 12.5. The molecule has 0 aliphatic heterocycles. The second kappa shape index (κ2) is 6.98. The molecule has 0 radical (unpaired) electrons. The Labute approximate surface area is 149 Å². The molecular formula is C21H27N3O. The third-order valence-electron chi connectivity index (χ3n) is 4.99. The fourth-order valence-electron chi connectivity index (χ4n) is 3.12. The number of aromatic nitrogens is 2. The van der Waals surface area contributed by atoms with Crippen LogP contribution in [0.2, 0.25) is 0 Å². The molecule has 0 saturated carbocycles. The number of benzene rings is 1. The molecule has 0 fully saturated rings. The van der Waals surface area contributed by atoms with Crippen molar-refractivity contribution in [2.24, 2.45) is 0 Å². The van der Waals surface area contributed by atoms with E-state index in [2.05, 4.69) is 60.8 Å². The first-order chi connectivity index (χ1) is 11.9. The van der Waals surface area contributed by atoms with E-state index in [1.807, 2.05) is 24.4 Å². The summed E-state index contributed by atoms with van der Waals surface area (Å²) in [5.74, 6) is 0. The number of hydrogen-bond donors (Lipinski definition) is 2. The number of aliphatic hydroxyl groups is 1. The molecule has 0 aliphatic rings. The normalized spacial score (nSPS) is 12.2. The van der Waals surface area contributed by atoms with Gasteiger partial charge in [-0.1, -0.05) is 17.7 Å². The van der Waals surface area contributed by atoms with Gasteiger partial charge in [-0.05, 0) is 57.5 Å². The van der Waals surface area contributed by atoms with Crippen LogP contribution in [0.4, 0.5) is 0 Å². The molecule has 0 unspecified atom stereocenters. The minimum absolute atomic E-state index is 0.0955. The van der Waals surface area contributed by atoms with Crippen molar-refractivity contribution in [2.75, 3.05) is 6.61 Å².